The molecule has 2 heterocycles. The van der Waals surface area contributed by atoms with Crippen molar-refractivity contribution in [1.82, 2.24) is 15.0 Å². The number of benzene rings is 1. The highest BCUT2D eigenvalue weighted by atomic mass is 15.1. The number of hydrogen-bond acceptors (Lipinski definition) is 6. The first-order valence-electron chi connectivity index (χ1n) is 7.83. The van der Waals surface area contributed by atoms with Crippen molar-refractivity contribution in [3.63, 3.8) is 0 Å². The third-order valence-corrected chi connectivity index (χ3v) is 3.67. The van der Waals surface area contributed by atoms with Crippen LogP contribution in [0.5, 0.6) is 0 Å². The predicted molar refractivity (Wildman–Crippen MR) is 97.8 cm³/mol. The Balaban J connectivity index is 1.88. The topological polar surface area (TPSA) is 88.8 Å². The third kappa shape index (κ3) is 3.43. The van der Waals surface area contributed by atoms with Crippen LogP contribution in [0.25, 0.3) is 0 Å². The van der Waals surface area contributed by atoms with Gasteiger partial charge >= 0.3 is 0 Å². The normalized spacial score (nSPS) is 10.4. The minimum atomic E-state index is 0.451. The van der Waals surface area contributed by atoms with E-state index in [-0.39, 0.29) is 0 Å². The monoisotopic (exact) mass is 320 g/mol. The Morgan fingerprint density at radius 2 is 1.71 bits per heavy atom. The van der Waals surface area contributed by atoms with Crippen molar-refractivity contribution in [1.29, 1.82) is 0 Å². The van der Waals surface area contributed by atoms with E-state index >= 15 is 0 Å². The van der Waals surface area contributed by atoms with Crippen LogP contribution < -0.4 is 16.4 Å². The van der Waals surface area contributed by atoms with Gasteiger partial charge in [0, 0.05) is 11.4 Å². The molecular weight excluding hydrogens is 300 g/mol. The van der Waals surface area contributed by atoms with Crippen LogP contribution in [0.3, 0.4) is 0 Å². The van der Waals surface area contributed by atoms with Crippen LogP contribution in [-0.4, -0.2) is 15.0 Å². The number of anilines is 5. The van der Waals surface area contributed by atoms with Gasteiger partial charge in [-0.05, 0) is 37.1 Å². The Labute approximate surface area is 141 Å². The standard InChI is InChI=1S/C18H20N6/c1-3-13-8-4-5-9-14(13)23-17-16(19)18(21-11-20-17)24-15-10-6-7-12(2)22-15/h4-11H,3,19H2,1-2H3,(H2,20,21,22,23,24). The molecule has 0 unspecified atom stereocenters. The average Bonchev–Trinajstić information content (AvgIpc) is 2.59. The fraction of sp³-hybridized carbons (Fsp3) is 0.167. The summed E-state index contributed by atoms with van der Waals surface area (Å²) < 4.78 is 0. The lowest BCUT2D eigenvalue weighted by molar-refractivity contribution is 1.12. The van der Waals surface area contributed by atoms with E-state index in [1.165, 1.54) is 11.9 Å². The SMILES string of the molecule is CCc1ccccc1Nc1ncnc(Nc2cccc(C)n2)c1N. The Kier molecular flexibility index (Phi) is 4.56. The van der Waals surface area contributed by atoms with Gasteiger partial charge < -0.3 is 16.4 Å². The molecule has 1 aromatic carbocycles. The van der Waals surface area contributed by atoms with Crippen LogP contribution in [0, 0.1) is 6.92 Å². The molecule has 0 bridgehead atoms. The summed E-state index contributed by atoms with van der Waals surface area (Å²) >= 11 is 0. The highest BCUT2D eigenvalue weighted by molar-refractivity contribution is 5.80. The van der Waals surface area contributed by atoms with Gasteiger partial charge in [-0.1, -0.05) is 31.2 Å². The molecule has 0 fully saturated rings. The van der Waals surface area contributed by atoms with Crippen LogP contribution in [0.2, 0.25) is 0 Å². The van der Waals surface area contributed by atoms with Crippen molar-refractivity contribution in [3.8, 4) is 0 Å². The third-order valence-electron chi connectivity index (χ3n) is 3.67. The van der Waals surface area contributed by atoms with E-state index in [9.17, 15) is 0 Å². The first kappa shape index (κ1) is 15.7. The summed E-state index contributed by atoms with van der Waals surface area (Å²) in [6.07, 6.45) is 2.40. The molecule has 0 aliphatic carbocycles. The Morgan fingerprint density at radius 1 is 0.958 bits per heavy atom. The highest BCUT2D eigenvalue weighted by Crippen LogP contribution is 2.29. The number of nitrogens with two attached hydrogens (primary N) is 1. The van der Waals surface area contributed by atoms with Crippen LogP contribution in [0.15, 0.2) is 48.8 Å². The zero-order chi connectivity index (χ0) is 16.9. The fourth-order valence-corrected chi connectivity index (χ4v) is 2.41. The molecule has 0 saturated carbocycles. The molecule has 0 aliphatic heterocycles. The number of pyridine rings is 1. The molecule has 3 aromatic rings. The van der Waals surface area contributed by atoms with E-state index in [1.807, 2.05) is 43.3 Å². The molecule has 3 rings (SSSR count). The van der Waals surface area contributed by atoms with Gasteiger partial charge in [0.2, 0.25) is 0 Å². The second-order valence-electron chi connectivity index (χ2n) is 5.41. The minimum Gasteiger partial charge on any atom is -0.393 e. The quantitative estimate of drug-likeness (QED) is 0.662. The largest absolute Gasteiger partial charge is 0.393 e. The Hall–Kier alpha value is -3.15. The molecule has 2 aromatic heterocycles. The summed E-state index contributed by atoms with van der Waals surface area (Å²) in [5.41, 5.74) is 9.79. The first-order valence-corrected chi connectivity index (χ1v) is 7.83. The van der Waals surface area contributed by atoms with Crippen molar-refractivity contribution in [2.45, 2.75) is 20.3 Å². The first-order chi connectivity index (χ1) is 11.7. The molecule has 122 valence electrons. The van der Waals surface area contributed by atoms with E-state index in [0.717, 1.165) is 17.8 Å². The maximum absolute atomic E-state index is 6.23. The summed E-state index contributed by atoms with van der Waals surface area (Å²) in [7, 11) is 0. The smallest absolute Gasteiger partial charge is 0.160 e. The molecule has 0 amide bonds. The number of rotatable bonds is 5. The summed E-state index contributed by atoms with van der Waals surface area (Å²) in [6.45, 7) is 4.05. The van der Waals surface area contributed by atoms with E-state index in [4.69, 9.17) is 5.73 Å². The van der Waals surface area contributed by atoms with Crippen molar-refractivity contribution >= 4 is 28.8 Å². The van der Waals surface area contributed by atoms with Gasteiger partial charge in [-0.2, -0.15) is 0 Å². The van der Waals surface area contributed by atoms with Gasteiger partial charge in [0.1, 0.15) is 17.8 Å². The van der Waals surface area contributed by atoms with Crippen molar-refractivity contribution in [2.24, 2.45) is 0 Å². The second kappa shape index (κ2) is 6.95. The minimum absolute atomic E-state index is 0.451. The summed E-state index contributed by atoms with van der Waals surface area (Å²) in [4.78, 5) is 12.9. The lowest BCUT2D eigenvalue weighted by Gasteiger charge is -2.14. The van der Waals surface area contributed by atoms with E-state index in [1.54, 1.807) is 0 Å². The Morgan fingerprint density at radius 3 is 2.46 bits per heavy atom. The number of nitrogens with zero attached hydrogens (tertiary/aromatic N) is 3. The fourth-order valence-electron chi connectivity index (χ4n) is 2.41. The number of nitrogen functional groups attached to an aromatic ring is 1. The maximum Gasteiger partial charge on any atom is 0.160 e. The maximum atomic E-state index is 6.23. The molecule has 0 saturated heterocycles. The number of aromatic nitrogens is 3. The second-order valence-corrected chi connectivity index (χ2v) is 5.41. The molecule has 4 N–H and O–H groups in total. The van der Waals surface area contributed by atoms with Crippen LogP contribution >= 0.6 is 0 Å². The van der Waals surface area contributed by atoms with Crippen LogP contribution in [0.1, 0.15) is 18.2 Å². The average molecular weight is 320 g/mol. The lowest BCUT2D eigenvalue weighted by atomic mass is 10.1. The summed E-state index contributed by atoms with van der Waals surface area (Å²) in [5.74, 6) is 1.79. The number of hydrogen-bond donors (Lipinski definition) is 3. The van der Waals surface area contributed by atoms with Gasteiger partial charge in [-0.25, -0.2) is 15.0 Å². The van der Waals surface area contributed by atoms with Crippen molar-refractivity contribution in [2.75, 3.05) is 16.4 Å². The zero-order valence-electron chi connectivity index (χ0n) is 13.7. The van der Waals surface area contributed by atoms with Gasteiger partial charge in [-0.3, -0.25) is 0 Å². The van der Waals surface area contributed by atoms with E-state index in [2.05, 4.69) is 38.6 Å². The zero-order valence-corrected chi connectivity index (χ0v) is 13.7. The molecule has 0 radical (unpaired) electrons. The van der Waals surface area contributed by atoms with Crippen LogP contribution in [-0.2, 0) is 6.42 Å². The molecule has 6 nitrogen and oxygen atoms in total. The van der Waals surface area contributed by atoms with Crippen molar-refractivity contribution < 1.29 is 0 Å². The van der Waals surface area contributed by atoms with Crippen molar-refractivity contribution in [3.05, 3.63) is 60.0 Å². The molecule has 24 heavy (non-hydrogen) atoms. The van der Waals surface area contributed by atoms with Crippen LogP contribution in [0.4, 0.5) is 28.8 Å². The lowest BCUT2D eigenvalue weighted by Crippen LogP contribution is -2.06. The predicted octanol–water partition coefficient (Wildman–Crippen LogP) is 3.81. The highest BCUT2D eigenvalue weighted by Gasteiger charge is 2.10. The van der Waals surface area contributed by atoms with E-state index < -0.39 is 0 Å². The number of nitrogens with one attached hydrogen (secondary N) is 2. The molecule has 0 aliphatic rings. The number of aryl methyl sites for hydroxylation is 2. The molecule has 0 atom stereocenters. The van der Waals surface area contributed by atoms with E-state index in [0.29, 0.717) is 23.1 Å². The summed E-state index contributed by atoms with van der Waals surface area (Å²) in [6, 6.07) is 13.8. The number of para-hydroxylation sites is 1. The van der Waals surface area contributed by atoms with Gasteiger partial charge in [0.05, 0.1) is 0 Å². The Bertz CT molecular complexity index is 846. The molecule has 0 spiro atoms. The molecule has 6 heteroatoms. The van der Waals surface area contributed by atoms with Gasteiger partial charge in [0.15, 0.2) is 11.6 Å². The summed E-state index contributed by atoms with van der Waals surface area (Å²) in [5, 5.41) is 6.43. The van der Waals surface area contributed by atoms with Gasteiger partial charge in [-0.15, -0.1) is 0 Å². The van der Waals surface area contributed by atoms with Gasteiger partial charge in [0.25, 0.3) is 0 Å². The molecular formula is C18H20N6.